The van der Waals surface area contributed by atoms with Crippen LogP contribution in [0.25, 0.3) is 0 Å². The zero-order valence-corrected chi connectivity index (χ0v) is 15.1. The first-order valence-electron chi connectivity index (χ1n) is 8.08. The normalized spacial score (nSPS) is 13.3. The summed E-state index contributed by atoms with van der Waals surface area (Å²) in [7, 11) is 0. The Bertz CT molecular complexity index is 732. The van der Waals surface area contributed by atoms with Crippen LogP contribution in [0, 0.1) is 0 Å². The molecule has 1 unspecified atom stereocenters. The molecule has 3 N–H and O–H groups in total. The smallest absolute Gasteiger partial charge is 0.251 e. The Morgan fingerprint density at radius 1 is 1.08 bits per heavy atom. The van der Waals surface area contributed by atoms with Gasteiger partial charge in [0.05, 0.1) is 0 Å². The van der Waals surface area contributed by atoms with Gasteiger partial charge in [-0.15, -0.1) is 12.4 Å². The van der Waals surface area contributed by atoms with E-state index in [1.54, 1.807) is 18.2 Å². The van der Waals surface area contributed by atoms with Crippen LogP contribution in [0.3, 0.4) is 0 Å². The van der Waals surface area contributed by atoms with Crippen LogP contribution >= 0.6 is 12.4 Å². The highest BCUT2D eigenvalue weighted by Crippen LogP contribution is 2.32. The molecule has 2 aromatic rings. The second-order valence-electron chi connectivity index (χ2n) is 6.21. The van der Waals surface area contributed by atoms with Crippen LogP contribution in [0.5, 0.6) is 11.5 Å². The highest BCUT2D eigenvalue weighted by molar-refractivity contribution is 5.95. The summed E-state index contributed by atoms with van der Waals surface area (Å²) in [4.78, 5) is 12.3. The minimum Gasteiger partial charge on any atom is -0.454 e. The Labute approximate surface area is 153 Å². The van der Waals surface area contributed by atoms with E-state index < -0.39 is 0 Å². The van der Waals surface area contributed by atoms with E-state index in [4.69, 9.17) is 15.2 Å². The van der Waals surface area contributed by atoms with E-state index in [-0.39, 0.29) is 31.1 Å². The molecular formula is C19H23ClN2O3. The SMILES string of the molecule is CC(C)c1ccc(C(N)CNC(=O)c2ccc3c(c2)OCO3)cc1.Cl. The van der Waals surface area contributed by atoms with Gasteiger partial charge in [0.1, 0.15) is 0 Å². The van der Waals surface area contributed by atoms with E-state index >= 15 is 0 Å². The number of nitrogens with one attached hydrogen (secondary N) is 1. The molecule has 5 nitrogen and oxygen atoms in total. The number of hydrogen-bond donors (Lipinski definition) is 2. The van der Waals surface area contributed by atoms with Gasteiger partial charge in [-0.1, -0.05) is 38.1 Å². The number of carbonyl (C=O) groups is 1. The molecule has 0 saturated carbocycles. The maximum atomic E-state index is 12.3. The van der Waals surface area contributed by atoms with Crippen molar-refractivity contribution in [3.05, 3.63) is 59.2 Å². The lowest BCUT2D eigenvalue weighted by molar-refractivity contribution is 0.0950. The van der Waals surface area contributed by atoms with E-state index in [2.05, 4.69) is 31.3 Å². The highest BCUT2D eigenvalue weighted by atomic mass is 35.5. The molecule has 25 heavy (non-hydrogen) atoms. The number of nitrogens with two attached hydrogens (primary N) is 1. The van der Waals surface area contributed by atoms with Crippen molar-refractivity contribution in [1.29, 1.82) is 0 Å². The lowest BCUT2D eigenvalue weighted by Gasteiger charge is -2.15. The average Bonchev–Trinajstić information content (AvgIpc) is 3.07. The molecule has 0 aliphatic carbocycles. The minimum atomic E-state index is -0.246. The zero-order valence-electron chi connectivity index (χ0n) is 14.3. The summed E-state index contributed by atoms with van der Waals surface area (Å²) in [6.07, 6.45) is 0. The van der Waals surface area contributed by atoms with Gasteiger partial charge in [0, 0.05) is 18.2 Å². The first-order chi connectivity index (χ1) is 11.5. The van der Waals surface area contributed by atoms with Gasteiger partial charge in [-0.05, 0) is 35.2 Å². The van der Waals surface area contributed by atoms with Crippen LogP contribution in [0.2, 0.25) is 0 Å². The van der Waals surface area contributed by atoms with Gasteiger partial charge in [-0.3, -0.25) is 4.79 Å². The molecule has 0 saturated heterocycles. The Morgan fingerprint density at radius 3 is 2.40 bits per heavy atom. The monoisotopic (exact) mass is 362 g/mol. The summed E-state index contributed by atoms with van der Waals surface area (Å²) < 4.78 is 10.5. The van der Waals surface area contributed by atoms with Crippen molar-refractivity contribution in [1.82, 2.24) is 5.32 Å². The van der Waals surface area contributed by atoms with Crippen LogP contribution in [-0.2, 0) is 0 Å². The molecule has 0 bridgehead atoms. The molecule has 1 aliphatic heterocycles. The fourth-order valence-corrected chi connectivity index (χ4v) is 2.59. The van der Waals surface area contributed by atoms with E-state index in [0.717, 1.165) is 5.56 Å². The number of halogens is 1. The van der Waals surface area contributed by atoms with Gasteiger partial charge in [-0.25, -0.2) is 0 Å². The van der Waals surface area contributed by atoms with Crippen molar-refractivity contribution in [3.8, 4) is 11.5 Å². The topological polar surface area (TPSA) is 73.6 Å². The Hall–Kier alpha value is -2.24. The third kappa shape index (κ3) is 4.44. The summed E-state index contributed by atoms with van der Waals surface area (Å²) in [5.41, 5.74) is 8.99. The van der Waals surface area contributed by atoms with Gasteiger partial charge in [0.25, 0.3) is 5.91 Å². The van der Waals surface area contributed by atoms with Crippen LogP contribution in [-0.4, -0.2) is 19.2 Å². The fraction of sp³-hybridized carbons (Fsp3) is 0.316. The quantitative estimate of drug-likeness (QED) is 0.855. The van der Waals surface area contributed by atoms with Crippen LogP contribution in [0.15, 0.2) is 42.5 Å². The van der Waals surface area contributed by atoms with Gasteiger partial charge >= 0.3 is 0 Å². The van der Waals surface area contributed by atoms with Crippen molar-refractivity contribution in [3.63, 3.8) is 0 Å². The van der Waals surface area contributed by atoms with Crippen molar-refractivity contribution in [2.45, 2.75) is 25.8 Å². The predicted octanol–water partition coefficient (Wildman–Crippen LogP) is 3.39. The number of amides is 1. The zero-order chi connectivity index (χ0) is 17.1. The summed E-state index contributed by atoms with van der Waals surface area (Å²) in [5, 5.41) is 2.87. The molecule has 1 atom stereocenters. The van der Waals surface area contributed by atoms with Crippen molar-refractivity contribution < 1.29 is 14.3 Å². The highest BCUT2D eigenvalue weighted by Gasteiger charge is 2.16. The number of ether oxygens (including phenoxy) is 2. The van der Waals surface area contributed by atoms with Crippen molar-refractivity contribution in [2.75, 3.05) is 13.3 Å². The predicted molar refractivity (Wildman–Crippen MR) is 99.6 cm³/mol. The minimum absolute atomic E-state index is 0. The van der Waals surface area contributed by atoms with E-state index in [1.165, 1.54) is 5.56 Å². The fourth-order valence-electron chi connectivity index (χ4n) is 2.59. The molecule has 134 valence electrons. The molecular weight excluding hydrogens is 340 g/mol. The first kappa shape index (κ1) is 19.1. The van der Waals surface area contributed by atoms with Crippen LogP contribution in [0.1, 0.15) is 47.3 Å². The molecule has 0 radical (unpaired) electrons. The number of benzene rings is 2. The first-order valence-corrected chi connectivity index (χ1v) is 8.08. The van der Waals surface area contributed by atoms with E-state index in [0.29, 0.717) is 29.5 Å². The molecule has 0 aromatic heterocycles. The summed E-state index contributed by atoms with van der Waals surface area (Å²) in [6.45, 7) is 4.87. The molecule has 1 heterocycles. The number of hydrogen-bond acceptors (Lipinski definition) is 4. The average molecular weight is 363 g/mol. The van der Waals surface area contributed by atoms with E-state index in [1.807, 2.05) is 12.1 Å². The van der Waals surface area contributed by atoms with Gasteiger partial charge in [-0.2, -0.15) is 0 Å². The largest absolute Gasteiger partial charge is 0.454 e. The molecule has 0 fully saturated rings. The number of fused-ring (bicyclic) bond motifs is 1. The van der Waals surface area contributed by atoms with Gasteiger partial charge < -0.3 is 20.5 Å². The van der Waals surface area contributed by atoms with Gasteiger partial charge in [0.2, 0.25) is 6.79 Å². The molecule has 1 aliphatic rings. The Morgan fingerprint density at radius 2 is 1.72 bits per heavy atom. The molecule has 6 heteroatoms. The number of carbonyl (C=O) groups excluding carboxylic acids is 1. The van der Waals surface area contributed by atoms with Gasteiger partial charge in [0.15, 0.2) is 11.5 Å². The third-order valence-electron chi connectivity index (χ3n) is 4.15. The lowest BCUT2D eigenvalue weighted by atomic mass is 9.99. The second-order valence-corrected chi connectivity index (χ2v) is 6.21. The Balaban J connectivity index is 0.00000225. The molecule has 0 spiro atoms. The maximum absolute atomic E-state index is 12.3. The number of rotatable bonds is 5. The van der Waals surface area contributed by atoms with Crippen molar-refractivity contribution in [2.24, 2.45) is 5.73 Å². The molecule has 2 aromatic carbocycles. The Kier molecular flexibility index (Phi) is 6.28. The molecule has 1 amide bonds. The second kappa shape index (κ2) is 8.23. The summed E-state index contributed by atoms with van der Waals surface area (Å²) in [6, 6.07) is 13.1. The van der Waals surface area contributed by atoms with Crippen molar-refractivity contribution >= 4 is 18.3 Å². The third-order valence-corrected chi connectivity index (χ3v) is 4.15. The molecule has 3 rings (SSSR count). The summed E-state index contributed by atoms with van der Waals surface area (Å²) in [5.74, 6) is 1.56. The summed E-state index contributed by atoms with van der Waals surface area (Å²) >= 11 is 0. The maximum Gasteiger partial charge on any atom is 0.251 e. The van der Waals surface area contributed by atoms with Crippen LogP contribution in [0.4, 0.5) is 0 Å². The lowest BCUT2D eigenvalue weighted by Crippen LogP contribution is -2.31. The van der Waals surface area contributed by atoms with Crippen LogP contribution < -0.4 is 20.5 Å². The standard InChI is InChI=1S/C19H22N2O3.ClH/c1-12(2)13-3-5-14(6-4-13)16(20)10-21-19(22)15-7-8-17-18(9-15)24-11-23-17;/h3-9,12,16H,10-11,20H2,1-2H3,(H,21,22);1H. The van der Waals surface area contributed by atoms with E-state index in [9.17, 15) is 4.79 Å².